The quantitative estimate of drug-likeness (QED) is 0.735. The summed E-state index contributed by atoms with van der Waals surface area (Å²) in [7, 11) is 1.59. The maximum absolute atomic E-state index is 5.69. The molecule has 4 heteroatoms. The number of ether oxygens (including phenoxy) is 1. The molecule has 0 radical (unpaired) electrons. The summed E-state index contributed by atoms with van der Waals surface area (Å²) in [5, 5.41) is 0. The van der Waals surface area contributed by atoms with Gasteiger partial charge in [0.1, 0.15) is 12.0 Å². The van der Waals surface area contributed by atoms with Crippen LogP contribution in [0.15, 0.2) is 35.1 Å². The molecule has 0 unspecified atom stereocenters. The molecule has 1 heterocycles. The smallest absolute Gasteiger partial charge is 0.226 e. The van der Waals surface area contributed by atoms with Crippen molar-refractivity contribution in [2.45, 2.75) is 0 Å². The van der Waals surface area contributed by atoms with Crippen LogP contribution in [0.5, 0.6) is 5.75 Å². The van der Waals surface area contributed by atoms with Crippen molar-refractivity contribution >= 4 is 5.69 Å². The molecule has 0 atom stereocenters. The first-order chi connectivity index (χ1) is 6.79. The Labute approximate surface area is 81.3 Å². The van der Waals surface area contributed by atoms with E-state index in [4.69, 9.17) is 14.9 Å². The standard InChI is InChI=1S/C10H10N2O2/c1-13-9-5-7(4-8(11)6-9)10-12-2-3-14-10/h2-6H,11H2,1H3. The second-order valence-electron chi connectivity index (χ2n) is 2.83. The van der Waals surface area contributed by atoms with Gasteiger partial charge in [-0.05, 0) is 12.1 Å². The molecular formula is C10H10N2O2. The van der Waals surface area contributed by atoms with Gasteiger partial charge in [-0.3, -0.25) is 0 Å². The Balaban J connectivity index is 2.48. The number of nitrogen functional groups attached to an aromatic ring is 1. The molecule has 0 saturated carbocycles. The highest BCUT2D eigenvalue weighted by molar-refractivity contribution is 5.63. The van der Waals surface area contributed by atoms with Gasteiger partial charge in [-0.1, -0.05) is 0 Å². The van der Waals surface area contributed by atoms with E-state index in [0.717, 1.165) is 5.56 Å². The van der Waals surface area contributed by atoms with Crippen molar-refractivity contribution in [1.82, 2.24) is 4.98 Å². The molecule has 14 heavy (non-hydrogen) atoms. The summed E-state index contributed by atoms with van der Waals surface area (Å²) in [5.41, 5.74) is 7.13. The van der Waals surface area contributed by atoms with Gasteiger partial charge in [0.25, 0.3) is 0 Å². The molecule has 4 nitrogen and oxygen atoms in total. The largest absolute Gasteiger partial charge is 0.497 e. The van der Waals surface area contributed by atoms with Gasteiger partial charge < -0.3 is 14.9 Å². The van der Waals surface area contributed by atoms with Crippen LogP contribution in [0.4, 0.5) is 5.69 Å². The van der Waals surface area contributed by atoms with Crippen molar-refractivity contribution in [3.05, 3.63) is 30.7 Å². The summed E-state index contributed by atoms with van der Waals surface area (Å²) in [4.78, 5) is 4.03. The minimum absolute atomic E-state index is 0.538. The molecule has 0 fully saturated rings. The van der Waals surface area contributed by atoms with Gasteiger partial charge in [-0.25, -0.2) is 4.98 Å². The van der Waals surface area contributed by atoms with Gasteiger partial charge in [0, 0.05) is 17.3 Å². The van der Waals surface area contributed by atoms with Gasteiger partial charge in [0.05, 0.1) is 13.3 Å². The minimum atomic E-state index is 0.538. The Morgan fingerprint density at radius 3 is 2.86 bits per heavy atom. The van der Waals surface area contributed by atoms with Crippen molar-refractivity contribution < 1.29 is 9.15 Å². The fraction of sp³-hybridized carbons (Fsp3) is 0.100. The first-order valence-electron chi connectivity index (χ1n) is 4.14. The second-order valence-corrected chi connectivity index (χ2v) is 2.83. The molecule has 0 bridgehead atoms. The van der Waals surface area contributed by atoms with E-state index in [-0.39, 0.29) is 0 Å². The van der Waals surface area contributed by atoms with Crippen LogP contribution in [0, 0.1) is 0 Å². The lowest BCUT2D eigenvalue weighted by Gasteiger charge is -2.03. The number of aromatic nitrogens is 1. The van der Waals surface area contributed by atoms with Crippen LogP contribution in [0.2, 0.25) is 0 Å². The van der Waals surface area contributed by atoms with Crippen LogP contribution >= 0.6 is 0 Å². The lowest BCUT2D eigenvalue weighted by molar-refractivity contribution is 0.415. The maximum Gasteiger partial charge on any atom is 0.226 e. The molecule has 0 spiro atoms. The third kappa shape index (κ3) is 1.54. The predicted molar refractivity (Wildman–Crippen MR) is 52.9 cm³/mol. The van der Waals surface area contributed by atoms with Gasteiger partial charge >= 0.3 is 0 Å². The molecule has 1 aromatic carbocycles. The van der Waals surface area contributed by atoms with E-state index < -0.39 is 0 Å². The number of oxazole rings is 1. The van der Waals surface area contributed by atoms with Gasteiger partial charge in [0.15, 0.2) is 0 Å². The minimum Gasteiger partial charge on any atom is -0.497 e. The third-order valence-corrected chi connectivity index (χ3v) is 1.84. The molecule has 72 valence electrons. The summed E-state index contributed by atoms with van der Waals surface area (Å²) in [6.07, 6.45) is 3.11. The number of methoxy groups -OCH3 is 1. The highest BCUT2D eigenvalue weighted by atomic mass is 16.5. The number of anilines is 1. The topological polar surface area (TPSA) is 61.3 Å². The number of rotatable bonds is 2. The average molecular weight is 190 g/mol. The number of nitrogens with two attached hydrogens (primary N) is 1. The van der Waals surface area contributed by atoms with Crippen molar-refractivity contribution in [3.63, 3.8) is 0 Å². The third-order valence-electron chi connectivity index (χ3n) is 1.84. The molecule has 0 amide bonds. The second kappa shape index (κ2) is 3.41. The number of hydrogen-bond acceptors (Lipinski definition) is 4. The number of benzene rings is 1. The fourth-order valence-corrected chi connectivity index (χ4v) is 1.23. The molecule has 2 aromatic rings. The molecule has 0 aliphatic rings. The van der Waals surface area contributed by atoms with Crippen molar-refractivity contribution in [2.75, 3.05) is 12.8 Å². The lowest BCUT2D eigenvalue weighted by atomic mass is 10.2. The highest BCUT2D eigenvalue weighted by Crippen LogP contribution is 2.25. The van der Waals surface area contributed by atoms with Gasteiger partial charge in [-0.2, -0.15) is 0 Å². The van der Waals surface area contributed by atoms with Crippen molar-refractivity contribution in [2.24, 2.45) is 0 Å². The van der Waals surface area contributed by atoms with E-state index in [1.54, 1.807) is 25.4 Å². The van der Waals surface area contributed by atoms with E-state index >= 15 is 0 Å². The Bertz CT molecular complexity index is 424. The molecular weight excluding hydrogens is 180 g/mol. The van der Waals surface area contributed by atoms with E-state index in [0.29, 0.717) is 17.3 Å². The number of hydrogen-bond donors (Lipinski definition) is 1. The van der Waals surface area contributed by atoms with Crippen LogP contribution < -0.4 is 10.5 Å². The van der Waals surface area contributed by atoms with E-state index in [1.165, 1.54) is 6.26 Å². The monoisotopic (exact) mass is 190 g/mol. The van der Waals surface area contributed by atoms with E-state index in [9.17, 15) is 0 Å². The fourth-order valence-electron chi connectivity index (χ4n) is 1.23. The Morgan fingerprint density at radius 1 is 1.36 bits per heavy atom. The molecule has 2 rings (SSSR count). The first kappa shape index (κ1) is 8.62. The molecule has 0 aliphatic heterocycles. The average Bonchev–Trinajstić information content (AvgIpc) is 2.69. The van der Waals surface area contributed by atoms with E-state index in [1.807, 2.05) is 6.07 Å². The summed E-state index contributed by atoms with van der Waals surface area (Å²) in [6, 6.07) is 5.35. The Morgan fingerprint density at radius 2 is 2.21 bits per heavy atom. The van der Waals surface area contributed by atoms with Gasteiger partial charge in [0.2, 0.25) is 5.89 Å². The first-order valence-corrected chi connectivity index (χ1v) is 4.14. The van der Waals surface area contributed by atoms with Crippen LogP contribution in [0.1, 0.15) is 0 Å². The number of nitrogens with zero attached hydrogens (tertiary/aromatic N) is 1. The predicted octanol–water partition coefficient (Wildman–Crippen LogP) is 1.93. The molecule has 0 aliphatic carbocycles. The zero-order valence-electron chi connectivity index (χ0n) is 7.73. The lowest BCUT2D eigenvalue weighted by Crippen LogP contribution is -1.89. The highest BCUT2D eigenvalue weighted by Gasteiger charge is 2.05. The zero-order chi connectivity index (χ0) is 9.97. The van der Waals surface area contributed by atoms with Crippen LogP contribution in [0.3, 0.4) is 0 Å². The summed E-state index contributed by atoms with van der Waals surface area (Å²) in [6.45, 7) is 0. The SMILES string of the molecule is COc1cc(N)cc(-c2ncco2)c1. The molecule has 2 N–H and O–H groups in total. The summed E-state index contributed by atoms with van der Waals surface area (Å²) < 4.78 is 10.2. The van der Waals surface area contributed by atoms with Crippen LogP contribution in [0.25, 0.3) is 11.5 Å². The summed E-state index contributed by atoms with van der Waals surface area (Å²) in [5.74, 6) is 1.23. The normalized spacial score (nSPS) is 10.1. The Kier molecular flexibility index (Phi) is 2.10. The zero-order valence-corrected chi connectivity index (χ0v) is 7.73. The van der Waals surface area contributed by atoms with Crippen molar-refractivity contribution in [1.29, 1.82) is 0 Å². The van der Waals surface area contributed by atoms with Crippen LogP contribution in [-0.4, -0.2) is 12.1 Å². The van der Waals surface area contributed by atoms with Crippen molar-refractivity contribution in [3.8, 4) is 17.2 Å². The molecule has 0 saturated heterocycles. The van der Waals surface area contributed by atoms with Gasteiger partial charge in [-0.15, -0.1) is 0 Å². The van der Waals surface area contributed by atoms with E-state index in [2.05, 4.69) is 4.98 Å². The molecule has 1 aromatic heterocycles. The Hall–Kier alpha value is -1.97. The summed E-state index contributed by atoms with van der Waals surface area (Å²) >= 11 is 0. The maximum atomic E-state index is 5.69. The van der Waals surface area contributed by atoms with Crippen LogP contribution in [-0.2, 0) is 0 Å².